The van der Waals surface area contributed by atoms with E-state index in [1.54, 1.807) is 6.20 Å². The Morgan fingerprint density at radius 2 is 2.16 bits per heavy atom. The molecule has 19 heavy (non-hydrogen) atoms. The van der Waals surface area contributed by atoms with Crippen molar-refractivity contribution >= 4 is 21.6 Å². The lowest BCUT2D eigenvalue weighted by atomic mass is 10.1. The van der Waals surface area contributed by atoms with Crippen LogP contribution < -0.4 is 10.1 Å². The Balaban J connectivity index is 2.04. The average molecular weight is 321 g/mol. The van der Waals surface area contributed by atoms with Gasteiger partial charge in [0.15, 0.2) is 0 Å². The van der Waals surface area contributed by atoms with Gasteiger partial charge in [-0.15, -0.1) is 0 Å². The number of hydrogen-bond acceptors (Lipinski definition) is 3. The number of pyridine rings is 1. The maximum atomic E-state index is 5.32. The van der Waals surface area contributed by atoms with E-state index in [1.165, 1.54) is 5.56 Å². The molecule has 0 fully saturated rings. The van der Waals surface area contributed by atoms with Crippen LogP contribution in [0.4, 0.5) is 5.69 Å². The van der Waals surface area contributed by atoms with Gasteiger partial charge in [-0.05, 0) is 37.6 Å². The van der Waals surface area contributed by atoms with Crippen molar-refractivity contribution in [3.63, 3.8) is 0 Å². The first-order valence-corrected chi connectivity index (χ1v) is 7.09. The lowest BCUT2D eigenvalue weighted by Crippen LogP contribution is -2.07. The van der Waals surface area contributed by atoms with Gasteiger partial charge in [0.25, 0.3) is 0 Å². The molecule has 1 unspecified atom stereocenters. The second-order valence-corrected chi connectivity index (χ2v) is 5.15. The molecular formula is C15H17BrN2O. The second-order valence-electron chi connectivity index (χ2n) is 4.24. The highest BCUT2D eigenvalue weighted by atomic mass is 79.9. The predicted octanol–water partition coefficient (Wildman–Crippen LogP) is 4.42. The molecule has 0 spiro atoms. The summed E-state index contributed by atoms with van der Waals surface area (Å²) < 4.78 is 6.41. The molecule has 3 nitrogen and oxygen atoms in total. The second kappa shape index (κ2) is 6.57. The molecule has 1 N–H and O–H groups in total. The van der Waals surface area contributed by atoms with E-state index in [1.807, 2.05) is 31.2 Å². The molecular weight excluding hydrogens is 304 g/mol. The normalized spacial score (nSPS) is 11.9. The number of anilines is 1. The van der Waals surface area contributed by atoms with Crippen LogP contribution in [0.25, 0.3) is 0 Å². The molecule has 2 aromatic rings. The summed E-state index contributed by atoms with van der Waals surface area (Å²) in [5, 5.41) is 3.42. The SMILES string of the molecule is CCOc1ccc(NC(C)c2cccc(Br)c2)cn1. The summed E-state index contributed by atoms with van der Waals surface area (Å²) >= 11 is 3.49. The number of halogens is 1. The van der Waals surface area contributed by atoms with Gasteiger partial charge in [0.1, 0.15) is 0 Å². The third kappa shape index (κ3) is 3.96. The number of ether oxygens (including phenoxy) is 1. The largest absolute Gasteiger partial charge is 0.478 e. The lowest BCUT2D eigenvalue weighted by Gasteiger charge is -2.16. The Bertz CT molecular complexity index is 528. The molecule has 2 rings (SSSR count). The van der Waals surface area contributed by atoms with Crippen LogP contribution in [0.1, 0.15) is 25.5 Å². The Hall–Kier alpha value is -1.55. The summed E-state index contributed by atoms with van der Waals surface area (Å²) in [6.07, 6.45) is 1.79. The van der Waals surface area contributed by atoms with Crippen LogP contribution in [-0.2, 0) is 0 Å². The molecule has 0 radical (unpaired) electrons. The van der Waals surface area contributed by atoms with E-state index in [-0.39, 0.29) is 6.04 Å². The molecule has 0 aliphatic carbocycles. The van der Waals surface area contributed by atoms with Crippen molar-refractivity contribution in [3.05, 3.63) is 52.6 Å². The van der Waals surface area contributed by atoms with Gasteiger partial charge < -0.3 is 10.1 Å². The van der Waals surface area contributed by atoms with Gasteiger partial charge in [-0.1, -0.05) is 28.1 Å². The summed E-state index contributed by atoms with van der Waals surface area (Å²) in [6.45, 7) is 4.70. The van der Waals surface area contributed by atoms with Crippen molar-refractivity contribution in [2.24, 2.45) is 0 Å². The first-order chi connectivity index (χ1) is 9.19. The minimum Gasteiger partial charge on any atom is -0.478 e. The van der Waals surface area contributed by atoms with Gasteiger partial charge in [-0.3, -0.25) is 0 Å². The number of nitrogens with one attached hydrogen (secondary N) is 1. The fourth-order valence-corrected chi connectivity index (χ4v) is 2.23. The monoisotopic (exact) mass is 320 g/mol. The smallest absolute Gasteiger partial charge is 0.213 e. The zero-order chi connectivity index (χ0) is 13.7. The molecule has 1 aromatic carbocycles. The van der Waals surface area contributed by atoms with Crippen LogP contribution in [0.2, 0.25) is 0 Å². The Morgan fingerprint density at radius 1 is 1.32 bits per heavy atom. The molecule has 0 amide bonds. The molecule has 100 valence electrons. The van der Waals surface area contributed by atoms with Gasteiger partial charge in [-0.25, -0.2) is 4.98 Å². The van der Waals surface area contributed by atoms with Crippen LogP contribution in [0.3, 0.4) is 0 Å². The van der Waals surface area contributed by atoms with Crippen molar-refractivity contribution in [2.75, 3.05) is 11.9 Å². The highest BCUT2D eigenvalue weighted by Gasteiger charge is 2.06. The summed E-state index contributed by atoms with van der Waals surface area (Å²) in [5.41, 5.74) is 2.21. The Labute approximate surface area is 122 Å². The van der Waals surface area contributed by atoms with Crippen molar-refractivity contribution in [1.29, 1.82) is 0 Å². The number of aromatic nitrogens is 1. The third-order valence-electron chi connectivity index (χ3n) is 2.76. The van der Waals surface area contributed by atoms with Crippen LogP contribution >= 0.6 is 15.9 Å². The highest BCUT2D eigenvalue weighted by Crippen LogP contribution is 2.22. The zero-order valence-corrected chi connectivity index (χ0v) is 12.6. The standard InChI is InChI=1S/C15H17BrN2O/c1-3-19-15-8-7-14(10-17-15)18-11(2)12-5-4-6-13(16)9-12/h4-11,18H,3H2,1-2H3. The lowest BCUT2D eigenvalue weighted by molar-refractivity contribution is 0.327. The first kappa shape index (κ1) is 13.9. The van der Waals surface area contributed by atoms with Crippen LogP contribution in [-0.4, -0.2) is 11.6 Å². The van der Waals surface area contributed by atoms with E-state index < -0.39 is 0 Å². The van der Waals surface area contributed by atoms with E-state index in [4.69, 9.17) is 4.74 Å². The van der Waals surface area contributed by atoms with Crippen LogP contribution in [0, 0.1) is 0 Å². The summed E-state index contributed by atoms with van der Waals surface area (Å²) in [4.78, 5) is 4.24. The zero-order valence-electron chi connectivity index (χ0n) is 11.1. The molecule has 0 saturated heterocycles. The van der Waals surface area contributed by atoms with E-state index in [0.717, 1.165) is 10.2 Å². The van der Waals surface area contributed by atoms with Gasteiger partial charge in [0.2, 0.25) is 5.88 Å². The van der Waals surface area contributed by atoms with Gasteiger partial charge in [0, 0.05) is 16.6 Å². The fraction of sp³-hybridized carbons (Fsp3) is 0.267. The quantitative estimate of drug-likeness (QED) is 0.885. The van der Waals surface area contributed by atoms with Crippen molar-refractivity contribution < 1.29 is 4.74 Å². The van der Waals surface area contributed by atoms with Gasteiger partial charge in [0.05, 0.1) is 18.5 Å². The van der Waals surface area contributed by atoms with Crippen molar-refractivity contribution in [2.45, 2.75) is 19.9 Å². The first-order valence-electron chi connectivity index (χ1n) is 6.30. The van der Waals surface area contributed by atoms with Crippen LogP contribution in [0.5, 0.6) is 5.88 Å². The molecule has 1 heterocycles. The Morgan fingerprint density at radius 3 is 2.79 bits per heavy atom. The fourth-order valence-electron chi connectivity index (χ4n) is 1.81. The highest BCUT2D eigenvalue weighted by molar-refractivity contribution is 9.10. The van der Waals surface area contributed by atoms with Gasteiger partial charge in [-0.2, -0.15) is 0 Å². The minimum atomic E-state index is 0.220. The van der Waals surface area contributed by atoms with Crippen LogP contribution in [0.15, 0.2) is 47.1 Å². The van der Waals surface area contributed by atoms with Crippen molar-refractivity contribution in [1.82, 2.24) is 4.98 Å². The predicted molar refractivity (Wildman–Crippen MR) is 81.6 cm³/mol. The van der Waals surface area contributed by atoms with E-state index in [0.29, 0.717) is 12.5 Å². The summed E-state index contributed by atoms with van der Waals surface area (Å²) in [5.74, 6) is 0.656. The number of benzene rings is 1. The topological polar surface area (TPSA) is 34.1 Å². The minimum absolute atomic E-state index is 0.220. The molecule has 0 aliphatic heterocycles. The third-order valence-corrected chi connectivity index (χ3v) is 3.25. The van der Waals surface area contributed by atoms with Crippen molar-refractivity contribution in [3.8, 4) is 5.88 Å². The maximum Gasteiger partial charge on any atom is 0.213 e. The molecule has 4 heteroatoms. The van der Waals surface area contributed by atoms with E-state index >= 15 is 0 Å². The molecule has 0 bridgehead atoms. The molecule has 0 aliphatic rings. The molecule has 1 atom stereocenters. The molecule has 1 aromatic heterocycles. The summed E-state index contributed by atoms with van der Waals surface area (Å²) in [7, 11) is 0. The maximum absolute atomic E-state index is 5.32. The number of nitrogens with zero attached hydrogens (tertiary/aromatic N) is 1. The van der Waals surface area contributed by atoms with E-state index in [2.05, 4.69) is 45.3 Å². The van der Waals surface area contributed by atoms with Gasteiger partial charge >= 0.3 is 0 Å². The Kier molecular flexibility index (Phi) is 4.80. The number of hydrogen-bond donors (Lipinski definition) is 1. The van der Waals surface area contributed by atoms with E-state index in [9.17, 15) is 0 Å². The molecule has 0 saturated carbocycles. The number of rotatable bonds is 5. The average Bonchev–Trinajstić information content (AvgIpc) is 2.41. The summed E-state index contributed by atoms with van der Waals surface area (Å²) in [6, 6.07) is 12.3.